The molecule has 0 bridgehead atoms. The summed E-state index contributed by atoms with van der Waals surface area (Å²) in [7, 11) is 0. The molecule has 0 aliphatic heterocycles. The standard InChI is InChI=1S/C18H21ClFN/c1-2-21-13-16(10-14-6-8-17(19)9-7-14)11-15-4-3-5-18(20)12-15/h3-9,12,16,21H,2,10-11,13H2,1H3. The highest BCUT2D eigenvalue weighted by Crippen LogP contribution is 2.17. The molecule has 0 radical (unpaired) electrons. The molecule has 21 heavy (non-hydrogen) atoms. The maximum Gasteiger partial charge on any atom is 0.123 e. The first-order valence-electron chi connectivity index (χ1n) is 7.37. The van der Waals surface area contributed by atoms with Crippen LogP contribution in [0.5, 0.6) is 0 Å². The van der Waals surface area contributed by atoms with Gasteiger partial charge in [-0.25, -0.2) is 4.39 Å². The van der Waals surface area contributed by atoms with Crippen molar-refractivity contribution in [2.24, 2.45) is 5.92 Å². The second-order valence-electron chi connectivity index (χ2n) is 5.34. The van der Waals surface area contributed by atoms with Gasteiger partial charge in [0.1, 0.15) is 5.82 Å². The van der Waals surface area contributed by atoms with Crippen molar-refractivity contribution in [2.75, 3.05) is 13.1 Å². The van der Waals surface area contributed by atoms with E-state index in [4.69, 9.17) is 11.6 Å². The molecule has 1 unspecified atom stereocenters. The molecule has 0 saturated carbocycles. The highest BCUT2D eigenvalue weighted by Gasteiger charge is 2.11. The van der Waals surface area contributed by atoms with E-state index in [-0.39, 0.29) is 5.82 Å². The zero-order chi connectivity index (χ0) is 15.1. The van der Waals surface area contributed by atoms with Crippen LogP contribution in [0.15, 0.2) is 48.5 Å². The van der Waals surface area contributed by atoms with Gasteiger partial charge in [-0.15, -0.1) is 0 Å². The Morgan fingerprint density at radius 1 is 1.05 bits per heavy atom. The van der Waals surface area contributed by atoms with Gasteiger partial charge in [0, 0.05) is 5.02 Å². The molecule has 0 heterocycles. The van der Waals surface area contributed by atoms with Gasteiger partial charge in [-0.2, -0.15) is 0 Å². The SMILES string of the molecule is CCNCC(Cc1ccc(Cl)cc1)Cc1cccc(F)c1. The fraction of sp³-hybridized carbons (Fsp3) is 0.333. The molecule has 0 fully saturated rings. The molecule has 3 heteroatoms. The van der Waals surface area contributed by atoms with Gasteiger partial charge >= 0.3 is 0 Å². The van der Waals surface area contributed by atoms with E-state index in [0.29, 0.717) is 5.92 Å². The van der Waals surface area contributed by atoms with Crippen LogP contribution in [-0.2, 0) is 12.8 Å². The molecule has 2 aromatic carbocycles. The summed E-state index contributed by atoms with van der Waals surface area (Å²) in [6.45, 7) is 3.97. The van der Waals surface area contributed by atoms with Crippen molar-refractivity contribution < 1.29 is 4.39 Å². The normalized spacial score (nSPS) is 12.3. The summed E-state index contributed by atoms with van der Waals surface area (Å²) in [5.74, 6) is 0.272. The zero-order valence-corrected chi connectivity index (χ0v) is 13.0. The lowest BCUT2D eigenvalue weighted by Gasteiger charge is -2.18. The molecule has 0 aliphatic carbocycles. The number of nitrogens with one attached hydrogen (secondary N) is 1. The van der Waals surface area contributed by atoms with E-state index in [1.165, 1.54) is 11.6 Å². The van der Waals surface area contributed by atoms with E-state index >= 15 is 0 Å². The average Bonchev–Trinajstić information content (AvgIpc) is 2.47. The third-order valence-electron chi connectivity index (χ3n) is 3.53. The Labute approximate surface area is 131 Å². The van der Waals surface area contributed by atoms with Crippen molar-refractivity contribution in [3.63, 3.8) is 0 Å². The van der Waals surface area contributed by atoms with Crippen LogP contribution in [0, 0.1) is 11.7 Å². The average molecular weight is 306 g/mol. The van der Waals surface area contributed by atoms with Crippen LogP contribution < -0.4 is 5.32 Å². The van der Waals surface area contributed by atoms with Gasteiger partial charge in [-0.1, -0.05) is 42.8 Å². The quantitative estimate of drug-likeness (QED) is 0.794. The molecule has 1 N–H and O–H groups in total. The van der Waals surface area contributed by atoms with Gasteiger partial charge < -0.3 is 5.32 Å². The summed E-state index contributed by atoms with van der Waals surface area (Å²) in [6.07, 6.45) is 1.83. The Hall–Kier alpha value is -1.38. The summed E-state index contributed by atoms with van der Waals surface area (Å²) in [5.41, 5.74) is 2.31. The maximum atomic E-state index is 13.3. The second-order valence-corrected chi connectivity index (χ2v) is 5.77. The number of hydrogen-bond acceptors (Lipinski definition) is 1. The number of benzene rings is 2. The predicted octanol–water partition coefficient (Wildman–Crippen LogP) is 4.49. The van der Waals surface area contributed by atoms with Crippen LogP contribution in [0.1, 0.15) is 18.1 Å². The van der Waals surface area contributed by atoms with Gasteiger partial charge in [0.15, 0.2) is 0 Å². The van der Waals surface area contributed by atoms with Crippen molar-refractivity contribution in [3.05, 3.63) is 70.5 Å². The Balaban J connectivity index is 2.04. The minimum Gasteiger partial charge on any atom is -0.317 e. The monoisotopic (exact) mass is 305 g/mol. The van der Waals surface area contributed by atoms with Crippen LogP contribution in [0.25, 0.3) is 0 Å². The predicted molar refractivity (Wildman–Crippen MR) is 87.3 cm³/mol. The molecule has 0 aliphatic rings. The third-order valence-corrected chi connectivity index (χ3v) is 3.79. The lowest BCUT2D eigenvalue weighted by Crippen LogP contribution is -2.25. The molecular formula is C18H21ClFN. The van der Waals surface area contributed by atoms with Crippen LogP contribution in [0.3, 0.4) is 0 Å². The van der Waals surface area contributed by atoms with Gasteiger partial charge in [-0.3, -0.25) is 0 Å². The Kier molecular flexibility index (Phi) is 6.21. The van der Waals surface area contributed by atoms with Gasteiger partial charge in [0.05, 0.1) is 0 Å². The van der Waals surface area contributed by atoms with E-state index in [2.05, 4.69) is 24.4 Å². The maximum absolute atomic E-state index is 13.3. The second kappa shape index (κ2) is 8.16. The molecule has 0 aromatic heterocycles. The molecule has 2 rings (SSSR count). The van der Waals surface area contributed by atoms with E-state index in [0.717, 1.165) is 36.5 Å². The number of halogens is 2. The van der Waals surface area contributed by atoms with Crippen molar-refractivity contribution in [2.45, 2.75) is 19.8 Å². The molecular weight excluding hydrogens is 285 g/mol. The fourth-order valence-corrected chi connectivity index (χ4v) is 2.64. The lowest BCUT2D eigenvalue weighted by atomic mass is 9.92. The van der Waals surface area contributed by atoms with E-state index in [1.807, 2.05) is 18.2 Å². The topological polar surface area (TPSA) is 12.0 Å². The minimum atomic E-state index is -0.166. The summed E-state index contributed by atoms with van der Waals surface area (Å²) in [5, 5.41) is 4.15. The van der Waals surface area contributed by atoms with Crippen LogP contribution in [-0.4, -0.2) is 13.1 Å². The summed E-state index contributed by atoms with van der Waals surface area (Å²) >= 11 is 5.92. The molecule has 1 atom stereocenters. The first-order valence-corrected chi connectivity index (χ1v) is 7.74. The summed E-state index contributed by atoms with van der Waals surface area (Å²) < 4.78 is 13.3. The van der Waals surface area contributed by atoms with Crippen molar-refractivity contribution in [1.82, 2.24) is 5.32 Å². The Bertz CT molecular complexity index is 553. The lowest BCUT2D eigenvalue weighted by molar-refractivity contribution is 0.477. The Morgan fingerprint density at radius 2 is 1.76 bits per heavy atom. The smallest absolute Gasteiger partial charge is 0.123 e. The van der Waals surface area contributed by atoms with Gasteiger partial charge in [0.25, 0.3) is 0 Å². The molecule has 112 valence electrons. The zero-order valence-electron chi connectivity index (χ0n) is 12.3. The number of hydrogen-bond donors (Lipinski definition) is 1. The van der Waals surface area contributed by atoms with Crippen LogP contribution >= 0.6 is 11.6 Å². The van der Waals surface area contributed by atoms with Gasteiger partial charge in [-0.05, 0) is 67.2 Å². The molecule has 0 spiro atoms. The first kappa shape index (κ1) is 16.0. The van der Waals surface area contributed by atoms with Crippen molar-refractivity contribution in [1.29, 1.82) is 0 Å². The largest absolute Gasteiger partial charge is 0.317 e. The molecule has 0 saturated heterocycles. The molecule has 0 amide bonds. The highest BCUT2D eigenvalue weighted by atomic mass is 35.5. The van der Waals surface area contributed by atoms with Gasteiger partial charge in [0.2, 0.25) is 0 Å². The van der Waals surface area contributed by atoms with E-state index < -0.39 is 0 Å². The van der Waals surface area contributed by atoms with Crippen LogP contribution in [0.4, 0.5) is 4.39 Å². The summed E-state index contributed by atoms with van der Waals surface area (Å²) in [6, 6.07) is 14.8. The highest BCUT2D eigenvalue weighted by molar-refractivity contribution is 6.30. The molecule has 2 aromatic rings. The third kappa shape index (κ3) is 5.49. The first-order chi connectivity index (χ1) is 10.2. The fourth-order valence-electron chi connectivity index (χ4n) is 2.52. The Morgan fingerprint density at radius 3 is 2.43 bits per heavy atom. The molecule has 1 nitrogen and oxygen atoms in total. The summed E-state index contributed by atoms with van der Waals surface area (Å²) in [4.78, 5) is 0. The minimum absolute atomic E-state index is 0.166. The van der Waals surface area contributed by atoms with E-state index in [9.17, 15) is 4.39 Å². The van der Waals surface area contributed by atoms with E-state index in [1.54, 1.807) is 12.1 Å². The number of rotatable bonds is 7. The van der Waals surface area contributed by atoms with Crippen molar-refractivity contribution >= 4 is 11.6 Å². The van der Waals surface area contributed by atoms with Crippen LogP contribution in [0.2, 0.25) is 5.02 Å². The van der Waals surface area contributed by atoms with Crippen molar-refractivity contribution in [3.8, 4) is 0 Å².